The maximum absolute atomic E-state index is 12.0. The van der Waals surface area contributed by atoms with Crippen LogP contribution in [0.3, 0.4) is 0 Å². The van der Waals surface area contributed by atoms with Crippen LogP contribution in [0.15, 0.2) is 11.1 Å². The summed E-state index contributed by atoms with van der Waals surface area (Å²) < 4.78 is 39.6. The fourth-order valence-corrected chi connectivity index (χ4v) is 6.46. The molecule has 32 heavy (non-hydrogen) atoms. The van der Waals surface area contributed by atoms with Crippen molar-refractivity contribution in [2.75, 3.05) is 12.3 Å². The molecule has 180 valence electrons. The predicted octanol–water partition coefficient (Wildman–Crippen LogP) is -4.75. The van der Waals surface area contributed by atoms with Crippen LogP contribution in [0.1, 0.15) is 6.23 Å². The predicted molar refractivity (Wildman–Crippen MR) is 96.1 cm³/mol. The van der Waals surface area contributed by atoms with E-state index in [1.807, 2.05) is 0 Å². The van der Waals surface area contributed by atoms with Gasteiger partial charge in [-0.3, -0.25) is 27.5 Å². The highest BCUT2D eigenvalue weighted by Crippen LogP contribution is 2.60. The lowest BCUT2D eigenvalue weighted by Crippen LogP contribution is -2.34. The molecule has 2 aromatic heterocycles. The van der Waals surface area contributed by atoms with Gasteiger partial charge in [-0.1, -0.05) is 11.8 Å². The van der Waals surface area contributed by atoms with Crippen molar-refractivity contribution >= 4 is 51.3 Å². The van der Waals surface area contributed by atoms with Crippen LogP contribution in [0.25, 0.3) is 11.2 Å². The Bertz CT molecular complexity index is 1210. The molecule has 0 bridgehead atoms. The highest BCUT2D eigenvalue weighted by atomic mass is 32.5. The third-order valence-electron chi connectivity index (χ3n) is 3.86. The Hall–Kier alpha value is -1.14. The first-order valence-corrected chi connectivity index (χ1v) is 13.5. The molecule has 3 heterocycles. The minimum absolute atomic E-state index is 0.106. The minimum atomic E-state index is -6.06. The number of anilines is 1. The normalized spacial score (nSPS) is 27.9. The van der Waals surface area contributed by atoms with E-state index in [-0.39, 0.29) is 17.1 Å². The van der Waals surface area contributed by atoms with E-state index >= 15 is 0 Å². The molecule has 1 saturated heterocycles. The van der Waals surface area contributed by atoms with Gasteiger partial charge >= 0.3 is 0 Å². The van der Waals surface area contributed by atoms with Gasteiger partial charge in [0.1, 0.15) is 25.0 Å². The molecular formula is C10H12N5O13P3S-4. The Morgan fingerprint density at radius 3 is 2.53 bits per heavy atom. The van der Waals surface area contributed by atoms with E-state index in [0.29, 0.717) is 0 Å². The summed E-state index contributed by atoms with van der Waals surface area (Å²) >= 11 is 4.27. The average molecular weight is 535 g/mol. The van der Waals surface area contributed by atoms with E-state index in [4.69, 9.17) is 10.5 Å². The zero-order valence-electron chi connectivity index (χ0n) is 15.1. The highest BCUT2D eigenvalue weighted by Gasteiger charge is 2.44. The van der Waals surface area contributed by atoms with E-state index in [0.717, 1.165) is 10.9 Å². The summed E-state index contributed by atoms with van der Waals surface area (Å²) in [5.74, 6) is -0.272. The summed E-state index contributed by atoms with van der Waals surface area (Å²) in [7, 11) is -12.0. The van der Waals surface area contributed by atoms with E-state index < -0.39 is 59.1 Å². The molecule has 0 spiro atoms. The zero-order chi connectivity index (χ0) is 24.1. The summed E-state index contributed by atoms with van der Waals surface area (Å²) in [4.78, 5) is 65.7. The first-order chi connectivity index (χ1) is 14.6. The lowest BCUT2D eigenvalue weighted by atomic mass is 10.1. The van der Waals surface area contributed by atoms with Crippen LogP contribution in [-0.4, -0.2) is 54.7 Å². The second-order valence-electron chi connectivity index (χ2n) is 6.12. The fraction of sp³-hybridized carbons (Fsp3) is 0.500. The van der Waals surface area contributed by atoms with Gasteiger partial charge in [-0.25, -0.2) is 4.98 Å². The van der Waals surface area contributed by atoms with E-state index in [9.17, 15) is 43.7 Å². The molecule has 0 amide bonds. The van der Waals surface area contributed by atoms with Gasteiger partial charge in [0.25, 0.3) is 13.4 Å². The van der Waals surface area contributed by atoms with Crippen molar-refractivity contribution in [3.8, 4) is 0 Å². The summed E-state index contributed by atoms with van der Waals surface area (Å²) in [6.07, 6.45) is -5.21. The number of phosphoric acid groups is 2. The molecule has 2 aromatic rings. The average Bonchev–Trinajstić information content (AvgIpc) is 3.12. The third-order valence-corrected chi connectivity index (χ3v) is 8.44. The van der Waals surface area contributed by atoms with Crippen LogP contribution < -0.4 is 30.9 Å². The van der Waals surface area contributed by atoms with E-state index in [1.165, 1.54) is 0 Å². The topological polar surface area (TPSA) is 293 Å². The summed E-state index contributed by atoms with van der Waals surface area (Å²) in [5.41, 5.74) is 4.52. The van der Waals surface area contributed by atoms with Crippen molar-refractivity contribution < 1.29 is 56.8 Å². The number of aromatic nitrogens is 4. The number of aromatic amines is 1. The standard InChI is InChI=1S/C10H16N5O13P3S/c11-10-13-7-4(8(18)14-10)12-2-15(7)9-6(17)5(16)3(26-9)1-25-31(24,32)28-30(22,23)27-29(19,20)21/h2-3,5-6,9,16-17H,1H2,(H,22,23)(H,24,32)(H2,19,20,21)(H3,11,13,14,18)/p-4/t3-,5-,6-,9-,31?/m1/s1. The van der Waals surface area contributed by atoms with Gasteiger partial charge in [0.2, 0.25) is 5.95 Å². The van der Waals surface area contributed by atoms with E-state index in [1.54, 1.807) is 0 Å². The second kappa shape index (κ2) is 8.90. The lowest BCUT2D eigenvalue weighted by molar-refractivity contribution is -0.339. The zero-order valence-corrected chi connectivity index (χ0v) is 18.6. The Kier molecular flexibility index (Phi) is 7.09. The molecule has 5 N–H and O–H groups in total. The number of rotatable bonds is 8. The summed E-state index contributed by atoms with van der Waals surface area (Å²) in [6.45, 7) is -5.94. The number of fused-ring (bicyclic) bond motifs is 1. The number of nitrogen functional groups attached to an aromatic ring is 1. The third kappa shape index (κ3) is 5.85. The van der Waals surface area contributed by atoms with Crippen molar-refractivity contribution in [2.24, 2.45) is 0 Å². The Morgan fingerprint density at radius 2 is 1.91 bits per heavy atom. The SMILES string of the molecule is Nc1nc2c(ncn2[C@@H]2O[C@H](COP([O-])(=S)OP(=O)([O-])OP(=O)([O-])[O-])[C@@H](O)[C@H]2O)c(=O)[nH]1. The van der Waals surface area contributed by atoms with Gasteiger partial charge in [0.15, 0.2) is 17.4 Å². The van der Waals surface area contributed by atoms with Gasteiger partial charge in [-0.2, -0.15) is 4.98 Å². The van der Waals surface area contributed by atoms with Gasteiger partial charge in [0, 0.05) is 0 Å². The van der Waals surface area contributed by atoms with Gasteiger partial charge in [-0.15, -0.1) is 0 Å². The maximum Gasteiger partial charge on any atom is 0.280 e. The molecular weight excluding hydrogens is 523 g/mol. The van der Waals surface area contributed by atoms with Crippen molar-refractivity contribution in [2.45, 2.75) is 24.5 Å². The summed E-state index contributed by atoms with van der Waals surface area (Å²) in [5, 5.41) is 20.4. The molecule has 1 fully saturated rings. The Balaban J connectivity index is 1.72. The number of nitrogens with one attached hydrogen (secondary N) is 1. The maximum atomic E-state index is 12.0. The molecule has 18 nitrogen and oxygen atoms in total. The van der Waals surface area contributed by atoms with Crippen LogP contribution in [0.4, 0.5) is 5.95 Å². The van der Waals surface area contributed by atoms with Crippen LogP contribution >= 0.6 is 22.4 Å². The Morgan fingerprint density at radius 1 is 1.25 bits per heavy atom. The molecule has 0 saturated carbocycles. The van der Waals surface area contributed by atoms with Gasteiger partial charge in [0.05, 0.1) is 20.8 Å². The van der Waals surface area contributed by atoms with Crippen LogP contribution in [0.5, 0.6) is 0 Å². The highest BCUT2D eigenvalue weighted by molar-refractivity contribution is 8.07. The van der Waals surface area contributed by atoms with Crippen molar-refractivity contribution in [3.63, 3.8) is 0 Å². The second-order valence-corrected chi connectivity index (χ2v) is 11.7. The molecule has 0 radical (unpaired) electrons. The van der Waals surface area contributed by atoms with Crippen molar-refractivity contribution in [3.05, 3.63) is 16.7 Å². The first kappa shape index (κ1) is 25.5. The number of hydrogen-bond donors (Lipinski definition) is 4. The largest absolute Gasteiger partial charge is 0.790 e. The molecule has 1 aliphatic heterocycles. The number of nitrogens with two attached hydrogens (primary N) is 1. The molecule has 1 aliphatic rings. The molecule has 22 heteroatoms. The van der Waals surface area contributed by atoms with Gasteiger partial charge in [-0.05, 0) is 0 Å². The van der Waals surface area contributed by atoms with Crippen molar-refractivity contribution in [1.29, 1.82) is 0 Å². The Labute approximate surface area is 181 Å². The number of hydrogen-bond acceptors (Lipinski definition) is 17. The molecule has 2 unspecified atom stereocenters. The summed E-state index contributed by atoms with van der Waals surface area (Å²) in [6, 6.07) is 0. The minimum Gasteiger partial charge on any atom is -0.790 e. The lowest BCUT2D eigenvalue weighted by Gasteiger charge is -2.39. The number of imidazole rings is 1. The van der Waals surface area contributed by atoms with E-state index in [2.05, 4.69) is 39.9 Å². The van der Waals surface area contributed by atoms with Crippen LogP contribution in [0, 0.1) is 0 Å². The first-order valence-electron chi connectivity index (χ1n) is 8.04. The fourth-order valence-electron chi connectivity index (χ4n) is 2.67. The monoisotopic (exact) mass is 535 g/mol. The van der Waals surface area contributed by atoms with Crippen LogP contribution in [-0.2, 0) is 38.8 Å². The van der Waals surface area contributed by atoms with Gasteiger partial charge < -0.3 is 49.3 Å². The number of aliphatic hydroxyl groups excluding tert-OH is 2. The number of ether oxygens (including phenoxy) is 1. The molecule has 0 aliphatic carbocycles. The molecule has 3 rings (SSSR count). The quantitative estimate of drug-likeness (QED) is 0.231. The number of aliphatic hydroxyl groups is 2. The number of H-pyrrole nitrogens is 1. The molecule has 0 aromatic carbocycles. The molecule has 6 atom stereocenters. The smallest absolute Gasteiger partial charge is 0.280 e. The van der Waals surface area contributed by atoms with Crippen LogP contribution in [0.2, 0.25) is 0 Å². The van der Waals surface area contributed by atoms with Crippen molar-refractivity contribution in [1.82, 2.24) is 19.5 Å². The number of nitrogens with zero attached hydrogens (tertiary/aromatic N) is 3.